The summed E-state index contributed by atoms with van der Waals surface area (Å²) in [4.78, 5) is 40.0. The van der Waals surface area contributed by atoms with Gasteiger partial charge in [0, 0.05) is 0 Å². The van der Waals surface area contributed by atoms with Crippen LogP contribution in [0.2, 0.25) is 0 Å². The number of hydrogen-bond donors (Lipinski definition) is 0. The van der Waals surface area contributed by atoms with Gasteiger partial charge < -0.3 is 4.74 Å². The molecule has 0 spiro atoms. The van der Waals surface area contributed by atoms with Crippen LogP contribution in [-0.2, 0) is 14.4 Å². The molecule has 0 bridgehead atoms. The summed E-state index contributed by atoms with van der Waals surface area (Å²) in [7, 11) is 1.20. The molecule has 1 aromatic carbocycles. The number of nitrogens with zero attached hydrogens (tertiary/aromatic N) is 1. The second kappa shape index (κ2) is 4.58. The molecule has 1 aromatic rings. The molecule has 0 aliphatic carbocycles. The second-order valence-corrected chi connectivity index (χ2v) is 3.72. The molecule has 18 heavy (non-hydrogen) atoms. The van der Waals surface area contributed by atoms with Crippen LogP contribution in [-0.4, -0.2) is 36.1 Å². The van der Waals surface area contributed by atoms with Crippen LogP contribution in [0.1, 0.15) is 27.6 Å². The van der Waals surface area contributed by atoms with E-state index >= 15 is 0 Å². The van der Waals surface area contributed by atoms with E-state index in [1.165, 1.54) is 26.2 Å². The van der Waals surface area contributed by atoms with Crippen molar-refractivity contribution in [2.24, 2.45) is 0 Å². The van der Waals surface area contributed by atoms with Gasteiger partial charge in [-0.15, -0.1) is 5.06 Å². The predicted octanol–water partition coefficient (Wildman–Crippen LogP) is 0.776. The van der Waals surface area contributed by atoms with Crippen molar-refractivity contribution < 1.29 is 24.0 Å². The normalized spacial score (nSPS) is 15.6. The number of carbonyl (C=O) groups excluding carboxylic acids is 3. The van der Waals surface area contributed by atoms with Crippen molar-refractivity contribution in [3.63, 3.8) is 0 Å². The van der Waals surface area contributed by atoms with Crippen molar-refractivity contribution in [1.82, 2.24) is 5.06 Å². The Bertz CT molecular complexity index is 490. The Labute approximate surface area is 103 Å². The molecular formula is C12H11NO5. The first-order chi connectivity index (χ1) is 8.56. The van der Waals surface area contributed by atoms with Crippen molar-refractivity contribution in [1.29, 1.82) is 0 Å². The predicted molar refractivity (Wildman–Crippen MR) is 59.5 cm³/mol. The van der Waals surface area contributed by atoms with Crippen LogP contribution in [0.3, 0.4) is 0 Å². The summed E-state index contributed by atoms with van der Waals surface area (Å²) in [5.74, 6) is -1.82. The lowest BCUT2D eigenvalue weighted by Gasteiger charge is -2.17. The third-order valence-corrected chi connectivity index (χ3v) is 2.55. The van der Waals surface area contributed by atoms with E-state index in [0.29, 0.717) is 5.06 Å². The molecule has 1 aliphatic rings. The summed E-state index contributed by atoms with van der Waals surface area (Å²) in [5, 5.41) is 0.590. The maximum absolute atomic E-state index is 11.9. The Hall–Kier alpha value is -2.21. The monoisotopic (exact) mass is 249 g/mol. The summed E-state index contributed by atoms with van der Waals surface area (Å²) < 4.78 is 4.46. The number of fused-ring (bicyclic) bond motifs is 1. The maximum Gasteiger partial charge on any atom is 0.337 e. The molecule has 2 rings (SSSR count). The molecule has 1 aliphatic heterocycles. The van der Waals surface area contributed by atoms with Gasteiger partial charge >= 0.3 is 5.97 Å². The SMILES string of the molecule is COC(=O)[C@H](C)ON1C(=O)c2ccccc2C1=O. The number of methoxy groups -OCH3 is 1. The van der Waals surface area contributed by atoms with Crippen LogP contribution < -0.4 is 0 Å². The van der Waals surface area contributed by atoms with Gasteiger partial charge in [-0.3, -0.25) is 9.59 Å². The van der Waals surface area contributed by atoms with Gasteiger partial charge in [-0.05, 0) is 19.1 Å². The summed E-state index contributed by atoms with van der Waals surface area (Å²) >= 11 is 0. The third-order valence-electron chi connectivity index (χ3n) is 2.55. The average Bonchev–Trinajstić information content (AvgIpc) is 2.63. The highest BCUT2D eigenvalue weighted by Gasteiger charge is 2.38. The van der Waals surface area contributed by atoms with Crippen LogP contribution in [0.4, 0.5) is 0 Å². The first-order valence-electron chi connectivity index (χ1n) is 5.28. The second-order valence-electron chi connectivity index (χ2n) is 3.72. The lowest BCUT2D eigenvalue weighted by atomic mass is 10.1. The Morgan fingerprint density at radius 2 is 1.67 bits per heavy atom. The van der Waals surface area contributed by atoms with Crippen molar-refractivity contribution in [3.8, 4) is 0 Å². The average molecular weight is 249 g/mol. The molecule has 0 N–H and O–H groups in total. The van der Waals surface area contributed by atoms with Crippen molar-refractivity contribution in [2.45, 2.75) is 13.0 Å². The molecule has 6 nitrogen and oxygen atoms in total. The fraction of sp³-hybridized carbons (Fsp3) is 0.250. The number of ether oxygens (including phenoxy) is 1. The molecule has 1 heterocycles. The highest BCUT2D eigenvalue weighted by Crippen LogP contribution is 2.23. The van der Waals surface area contributed by atoms with Crippen molar-refractivity contribution in [2.75, 3.05) is 7.11 Å². The quantitative estimate of drug-likeness (QED) is 0.584. The van der Waals surface area contributed by atoms with Crippen LogP contribution in [0.25, 0.3) is 0 Å². The molecule has 0 unspecified atom stereocenters. The maximum atomic E-state index is 11.9. The minimum absolute atomic E-state index is 0.263. The Morgan fingerprint density at radius 3 is 2.11 bits per heavy atom. The first kappa shape index (κ1) is 12.3. The van der Waals surface area contributed by atoms with Crippen LogP contribution >= 0.6 is 0 Å². The zero-order valence-electron chi connectivity index (χ0n) is 9.88. The molecular weight excluding hydrogens is 238 g/mol. The lowest BCUT2D eigenvalue weighted by molar-refractivity contribution is -0.174. The molecule has 94 valence electrons. The lowest BCUT2D eigenvalue weighted by Crippen LogP contribution is -2.37. The highest BCUT2D eigenvalue weighted by atomic mass is 16.7. The van der Waals surface area contributed by atoms with Gasteiger partial charge in [-0.1, -0.05) is 12.1 Å². The number of hydrogen-bond acceptors (Lipinski definition) is 5. The fourth-order valence-corrected chi connectivity index (χ4v) is 1.63. The van der Waals surface area contributed by atoms with E-state index in [1.807, 2.05) is 0 Å². The third kappa shape index (κ3) is 1.86. The van der Waals surface area contributed by atoms with E-state index in [2.05, 4.69) is 4.74 Å². The van der Waals surface area contributed by atoms with Crippen LogP contribution in [0, 0.1) is 0 Å². The van der Waals surface area contributed by atoms with Gasteiger partial charge in [0.1, 0.15) is 0 Å². The molecule has 0 saturated carbocycles. The Kier molecular flexibility index (Phi) is 3.12. The Morgan fingerprint density at radius 1 is 1.17 bits per heavy atom. The van der Waals surface area contributed by atoms with Gasteiger partial charge in [-0.2, -0.15) is 0 Å². The number of hydroxylamine groups is 2. The number of imide groups is 1. The minimum Gasteiger partial charge on any atom is -0.467 e. The smallest absolute Gasteiger partial charge is 0.337 e. The molecule has 0 saturated heterocycles. The largest absolute Gasteiger partial charge is 0.467 e. The van der Waals surface area contributed by atoms with Crippen molar-refractivity contribution in [3.05, 3.63) is 35.4 Å². The van der Waals surface area contributed by atoms with Crippen molar-refractivity contribution >= 4 is 17.8 Å². The molecule has 6 heteroatoms. The van der Waals surface area contributed by atoms with Gasteiger partial charge in [-0.25, -0.2) is 9.63 Å². The molecule has 0 fully saturated rings. The summed E-state index contributed by atoms with van der Waals surface area (Å²) in [6.07, 6.45) is -1.03. The molecule has 0 aromatic heterocycles. The van der Waals surface area contributed by atoms with E-state index in [-0.39, 0.29) is 11.1 Å². The topological polar surface area (TPSA) is 72.9 Å². The van der Waals surface area contributed by atoms with Gasteiger partial charge in [0.25, 0.3) is 11.8 Å². The van der Waals surface area contributed by atoms with Gasteiger partial charge in [0.2, 0.25) is 0 Å². The Balaban J connectivity index is 2.21. The number of rotatable bonds is 3. The van der Waals surface area contributed by atoms with Gasteiger partial charge in [0.05, 0.1) is 18.2 Å². The van der Waals surface area contributed by atoms with Crippen LogP contribution in [0.5, 0.6) is 0 Å². The zero-order valence-corrected chi connectivity index (χ0v) is 9.88. The summed E-state index contributed by atoms with van der Waals surface area (Å²) in [5.41, 5.74) is 0.527. The van der Waals surface area contributed by atoms with E-state index in [4.69, 9.17) is 4.84 Å². The fourth-order valence-electron chi connectivity index (χ4n) is 1.63. The molecule has 1 atom stereocenters. The molecule has 0 radical (unpaired) electrons. The summed E-state index contributed by atoms with van der Waals surface area (Å²) in [6, 6.07) is 6.36. The van der Waals surface area contributed by atoms with E-state index < -0.39 is 23.9 Å². The van der Waals surface area contributed by atoms with E-state index in [9.17, 15) is 14.4 Å². The summed E-state index contributed by atoms with van der Waals surface area (Å²) in [6.45, 7) is 1.40. The van der Waals surface area contributed by atoms with E-state index in [0.717, 1.165) is 0 Å². The standard InChI is InChI=1S/C12H11NO5/c1-7(12(16)17-2)18-13-10(14)8-5-3-4-6-9(8)11(13)15/h3-7H,1-2H3/t7-/m0/s1. The first-order valence-corrected chi connectivity index (χ1v) is 5.28. The number of benzene rings is 1. The number of esters is 1. The zero-order chi connectivity index (χ0) is 13.3. The van der Waals surface area contributed by atoms with Crippen LogP contribution in [0.15, 0.2) is 24.3 Å². The highest BCUT2D eigenvalue weighted by molar-refractivity contribution is 6.20. The van der Waals surface area contributed by atoms with E-state index in [1.54, 1.807) is 12.1 Å². The number of amides is 2. The number of carbonyl (C=O) groups is 3. The minimum atomic E-state index is -1.03. The van der Waals surface area contributed by atoms with Gasteiger partial charge in [0.15, 0.2) is 6.10 Å². The molecule has 2 amide bonds.